The molecule has 0 N–H and O–H groups in total. The van der Waals surface area contributed by atoms with E-state index in [0.29, 0.717) is 11.8 Å². The van der Waals surface area contributed by atoms with Crippen molar-refractivity contribution in [1.29, 1.82) is 0 Å². The number of hydrogen-bond donors (Lipinski definition) is 0. The van der Waals surface area contributed by atoms with Crippen LogP contribution >= 0.6 is 0 Å². The van der Waals surface area contributed by atoms with Crippen molar-refractivity contribution in [3.05, 3.63) is 45.5 Å². The molecule has 0 aliphatic carbocycles. The Morgan fingerprint density at radius 1 is 1.47 bits per heavy atom. The summed E-state index contributed by atoms with van der Waals surface area (Å²) < 4.78 is 0. The molecular formula is C9H7N3O3. The highest BCUT2D eigenvalue weighted by Gasteiger charge is 2.09. The smallest absolute Gasteiger partial charge is 0.335 e. The summed E-state index contributed by atoms with van der Waals surface area (Å²) in [6.45, 7) is 0. The summed E-state index contributed by atoms with van der Waals surface area (Å²) in [5, 5.41) is 10.3. The maximum Gasteiger partial charge on any atom is 0.335 e. The molecule has 1 rings (SSSR count). The zero-order valence-electron chi connectivity index (χ0n) is 7.66. The second-order valence-corrected chi connectivity index (χ2v) is 2.81. The van der Waals surface area contributed by atoms with Crippen molar-refractivity contribution in [2.45, 2.75) is 6.42 Å². The molecule has 0 saturated carbocycles. The molecule has 0 aliphatic heterocycles. The molecule has 1 aromatic rings. The van der Waals surface area contributed by atoms with Crippen LogP contribution in [0.15, 0.2) is 24.3 Å². The third kappa shape index (κ3) is 2.82. The molecule has 6 nitrogen and oxygen atoms in total. The van der Waals surface area contributed by atoms with E-state index in [1.54, 1.807) is 0 Å². The largest absolute Gasteiger partial charge is 0.361 e. The summed E-state index contributed by atoms with van der Waals surface area (Å²) in [4.78, 5) is 22.9. The monoisotopic (exact) mass is 205 g/mol. The Morgan fingerprint density at radius 3 is 2.47 bits per heavy atom. The van der Waals surface area contributed by atoms with Gasteiger partial charge in [-0.2, -0.15) is 4.79 Å². The first kappa shape index (κ1) is 10.7. The number of carbonyl (C=O) groups excluding carboxylic acids is 1. The van der Waals surface area contributed by atoms with E-state index in [2.05, 4.69) is 4.79 Å². The number of non-ortho nitro benzene ring substituents is 1. The van der Waals surface area contributed by atoms with E-state index in [0.717, 1.165) is 0 Å². The fourth-order valence-electron chi connectivity index (χ4n) is 1.05. The summed E-state index contributed by atoms with van der Waals surface area (Å²) in [5.74, 6) is 0. The lowest BCUT2D eigenvalue weighted by molar-refractivity contribution is -0.384. The highest BCUT2D eigenvalue weighted by atomic mass is 16.6. The SMILES string of the molecule is [N-]=[N+]=C(C=O)Cc1ccc([N+](=O)[O-])cc1. The summed E-state index contributed by atoms with van der Waals surface area (Å²) in [7, 11) is 0. The number of nitro benzene ring substituents is 1. The van der Waals surface area contributed by atoms with Gasteiger partial charge >= 0.3 is 5.71 Å². The molecule has 0 saturated heterocycles. The maximum absolute atomic E-state index is 10.3. The molecule has 0 unspecified atom stereocenters. The number of carbonyl (C=O) groups is 1. The first-order chi connectivity index (χ1) is 7.17. The number of benzene rings is 1. The van der Waals surface area contributed by atoms with Crippen LogP contribution in [-0.4, -0.2) is 21.7 Å². The molecule has 0 bridgehead atoms. The molecule has 0 atom stereocenters. The van der Waals surface area contributed by atoms with Gasteiger partial charge in [0.15, 0.2) is 0 Å². The van der Waals surface area contributed by atoms with E-state index in [4.69, 9.17) is 5.53 Å². The summed E-state index contributed by atoms with van der Waals surface area (Å²) in [6, 6.07) is 5.67. The lowest BCUT2D eigenvalue weighted by atomic mass is 10.1. The zero-order valence-corrected chi connectivity index (χ0v) is 7.66. The molecule has 76 valence electrons. The Labute approximate surface area is 84.9 Å². The summed E-state index contributed by atoms with van der Waals surface area (Å²) in [6.07, 6.45) is 0.583. The number of aldehydes is 1. The fourth-order valence-corrected chi connectivity index (χ4v) is 1.05. The molecule has 0 aliphatic rings. The van der Waals surface area contributed by atoms with Gasteiger partial charge in [0.1, 0.15) is 0 Å². The standard InChI is InChI=1S/C9H7N3O3/c10-11-8(6-13)5-7-1-3-9(4-2-7)12(14)15/h1-4,6H,5H2. The Balaban J connectivity index is 2.85. The predicted octanol–water partition coefficient (Wildman–Crippen LogP) is 1.01. The highest BCUT2D eigenvalue weighted by Crippen LogP contribution is 2.12. The van der Waals surface area contributed by atoms with Gasteiger partial charge in [0.25, 0.3) is 5.69 Å². The van der Waals surface area contributed by atoms with Crippen LogP contribution in [0, 0.1) is 10.1 Å². The van der Waals surface area contributed by atoms with Gasteiger partial charge in [-0.05, 0) is 5.56 Å². The van der Waals surface area contributed by atoms with E-state index >= 15 is 0 Å². The average molecular weight is 205 g/mol. The van der Waals surface area contributed by atoms with Crippen LogP contribution in [0.4, 0.5) is 5.69 Å². The fraction of sp³-hybridized carbons (Fsp3) is 0.111. The van der Waals surface area contributed by atoms with E-state index < -0.39 is 4.92 Å². The molecule has 6 heteroatoms. The molecule has 0 radical (unpaired) electrons. The van der Waals surface area contributed by atoms with Crippen molar-refractivity contribution in [3.8, 4) is 0 Å². The quantitative estimate of drug-likeness (QED) is 0.183. The number of hydrogen-bond acceptors (Lipinski definition) is 3. The molecule has 0 fully saturated rings. The van der Waals surface area contributed by atoms with Crippen LogP contribution in [0.25, 0.3) is 5.53 Å². The highest BCUT2D eigenvalue weighted by molar-refractivity contribution is 6.25. The van der Waals surface area contributed by atoms with Gasteiger partial charge in [-0.25, -0.2) is 0 Å². The lowest BCUT2D eigenvalue weighted by Gasteiger charge is -1.94. The topological polar surface area (TPSA) is 96.6 Å². The Hall–Kier alpha value is -2.33. The summed E-state index contributed by atoms with van der Waals surface area (Å²) >= 11 is 0. The van der Waals surface area contributed by atoms with Crippen LogP contribution in [0.1, 0.15) is 5.56 Å². The van der Waals surface area contributed by atoms with Gasteiger partial charge < -0.3 is 5.53 Å². The Bertz CT molecular complexity index is 432. The van der Waals surface area contributed by atoms with Crippen molar-refractivity contribution >= 4 is 17.7 Å². The van der Waals surface area contributed by atoms with E-state index in [-0.39, 0.29) is 17.8 Å². The molecule has 0 amide bonds. The second-order valence-electron chi connectivity index (χ2n) is 2.81. The summed E-state index contributed by atoms with van der Waals surface area (Å²) in [5.41, 5.74) is 9.00. The van der Waals surface area contributed by atoms with Crippen LogP contribution in [-0.2, 0) is 11.2 Å². The molecule has 0 heterocycles. The maximum atomic E-state index is 10.3. The number of nitro groups is 1. The normalized spacial score (nSPS) is 9.07. The first-order valence-corrected chi connectivity index (χ1v) is 4.07. The first-order valence-electron chi connectivity index (χ1n) is 4.07. The van der Waals surface area contributed by atoms with Crippen molar-refractivity contribution in [3.63, 3.8) is 0 Å². The zero-order chi connectivity index (χ0) is 11.3. The predicted molar refractivity (Wildman–Crippen MR) is 51.5 cm³/mol. The van der Waals surface area contributed by atoms with Crippen LogP contribution in [0.2, 0.25) is 0 Å². The van der Waals surface area contributed by atoms with Crippen molar-refractivity contribution in [2.75, 3.05) is 0 Å². The number of nitrogens with zero attached hydrogens (tertiary/aromatic N) is 3. The van der Waals surface area contributed by atoms with Gasteiger partial charge in [-0.1, -0.05) is 12.1 Å². The molecule has 1 aromatic carbocycles. The minimum absolute atomic E-state index is 0.0210. The average Bonchev–Trinajstić information content (AvgIpc) is 2.26. The second kappa shape index (κ2) is 4.78. The molecular weight excluding hydrogens is 198 g/mol. The molecule has 15 heavy (non-hydrogen) atoms. The third-order valence-electron chi connectivity index (χ3n) is 1.80. The van der Waals surface area contributed by atoms with Crippen molar-refractivity contribution in [1.82, 2.24) is 0 Å². The number of rotatable bonds is 4. The van der Waals surface area contributed by atoms with Gasteiger partial charge in [-0.15, -0.1) is 0 Å². The van der Waals surface area contributed by atoms with Gasteiger partial charge in [0.2, 0.25) is 6.29 Å². The van der Waals surface area contributed by atoms with Crippen molar-refractivity contribution in [2.24, 2.45) is 0 Å². The van der Waals surface area contributed by atoms with Gasteiger partial charge in [-0.3, -0.25) is 14.9 Å². The van der Waals surface area contributed by atoms with E-state index in [1.807, 2.05) is 0 Å². The van der Waals surface area contributed by atoms with E-state index in [9.17, 15) is 14.9 Å². The lowest BCUT2D eigenvalue weighted by Crippen LogP contribution is -2.05. The molecule has 0 aromatic heterocycles. The van der Waals surface area contributed by atoms with Crippen LogP contribution in [0.3, 0.4) is 0 Å². The minimum Gasteiger partial charge on any atom is -0.361 e. The minimum atomic E-state index is -0.509. The van der Waals surface area contributed by atoms with Gasteiger partial charge in [0, 0.05) is 12.1 Å². The van der Waals surface area contributed by atoms with Gasteiger partial charge in [0.05, 0.1) is 11.3 Å². The van der Waals surface area contributed by atoms with Crippen molar-refractivity contribution < 1.29 is 14.5 Å². The Kier molecular flexibility index (Phi) is 3.43. The van der Waals surface area contributed by atoms with Crippen LogP contribution in [0.5, 0.6) is 0 Å². The Morgan fingerprint density at radius 2 is 2.07 bits per heavy atom. The molecule has 0 spiro atoms. The third-order valence-corrected chi connectivity index (χ3v) is 1.80. The van der Waals surface area contributed by atoms with Crippen LogP contribution < -0.4 is 0 Å². The van der Waals surface area contributed by atoms with E-state index in [1.165, 1.54) is 24.3 Å².